The maximum Gasteiger partial charge on any atom is 0.418 e. The molecule has 0 atom stereocenters. The van der Waals surface area contributed by atoms with Gasteiger partial charge in [0.15, 0.2) is 4.47 Å². The second kappa shape index (κ2) is 6.21. The number of rotatable bonds is 4. The van der Waals surface area contributed by atoms with Crippen molar-refractivity contribution in [2.45, 2.75) is 12.7 Å². The van der Waals surface area contributed by atoms with Crippen molar-refractivity contribution in [2.75, 3.05) is 5.32 Å². The highest BCUT2D eigenvalue weighted by Gasteiger charge is 2.34. The van der Waals surface area contributed by atoms with Gasteiger partial charge in [-0.1, -0.05) is 11.6 Å². The largest absolute Gasteiger partial charge is 0.418 e. The van der Waals surface area contributed by atoms with Crippen LogP contribution in [0.15, 0.2) is 43.1 Å². The van der Waals surface area contributed by atoms with Gasteiger partial charge in [0.05, 0.1) is 24.1 Å². The fraction of sp³-hybridized carbons (Fsp3) is 0.143. The van der Waals surface area contributed by atoms with Gasteiger partial charge in [0.1, 0.15) is 0 Å². The molecular formula is C14H10ClF3N4S. The summed E-state index contributed by atoms with van der Waals surface area (Å²) in [6.45, 7) is 0.353. The summed E-state index contributed by atoms with van der Waals surface area (Å²) in [5.41, 5.74) is -0.338. The lowest BCUT2D eigenvalue weighted by Crippen LogP contribution is -2.11. The van der Waals surface area contributed by atoms with E-state index in [0.29, 0.717) is 16.7 Å². The molecule has 0 saturated carbocycles. The van der Waals surface area contributed by atoms with Crippen LogP contribution in [-0.4, -0.2) is 14.5 Å². The van der Waals surface area contributed by atoms with Crippen molar-refractivity contribution >= 4 is 28.6 Å². The molecule has 3 aromatic rings. The first kappa shape index (κ1) is 15.8. The van der Waals surface area contributed by atoms with Crippen molar-refractivity contribution < 1.29 is 13.2 Å². The van der Waals surface area contributed by atoms with E-state index >= 15 is 0 Å². The van der Waals surface area contributed by atoms with Gasteiger partial charge in [-0.3, -0.25) is 0 Å². The summed E-state index contributed by atoms with van der Waals surface area (Å²) in [6.07, 6.45) is 1.35. The van der Waals surface area contributed by atoms with Crippen LogP contribution >= 0.6 is 22.9 Å². The standard InChI is InChI=1S/C14H10ClF3N4S/c15-13-21-7-10(23-13)6-20-9-1-2-12(22-4-3-19-8-22)11(5-9)14(16,17)18/h1-5,7-8,20H,6H2. The van der Waals surface area contributed by atoms with Gasteiger partial charge in [0.25, 0.3) is 0 Å². The molecule has 1 aromatic carbocycles. The zero-order valence-corrected chi connectivity index (χ0v) is 13.1. The van der Waals surface area contributed by atoms with Gasteiger partial charge < -0.3 is 9.88 Å². The Hall–Kier alpha value is -2.06. The van der Waals surface area contributed by atoms with Crippen LogP contribution in [0.25, 0.3) is 5.69 Å². The minimum atomic E-state index is -4.47. The van der Waals surface area contributed by atoms with Crippen molar-refractivity contribution in [3.05, 3.63) is 58.0 Å². The Kier molecular flexibility index (Phi) is 4.27. The number of benzene rings is 1. The predicted octanol–water partition coefficient (Wildman–Crippen LogP) is 4.61. The summed E-state index contributed by atoms with van der Waals surface area (Å²) in [4.78, 5) is 8.51. The SMILES string of the molecule is FC(F)(F)c1cc(NCc2cnc(Cl)s2)ccc1-n1ccnc1. The number of nitrogens with one attached hydrogen (secondary N) is 1. The van der Waals surface area contributed by atoms with Crippen LogP contribution in [0.2, 0.25) is 4.47 Å². The van der Waals surface area contributed by atoms with Crippen LogP contribution in [0, 0.1) is 0 Å². The Balaban J connectivity index is 1.88. The third-order valence-electron chi connectivity index (χ3n) is 3.08. The van der Waals surface area contributed by atoms with Gasteiger partial charge in [-0.2, -0.15) is 13.2 Å². The molecule has 0 aliphatic rings. The molecule has 2 aromatic heterocycles. The Morgan fingerprint density at radius 1 is 1.30 bits per heavy atom. The number of halogens is 4. The lowest BCUT2D eigenvalue weighted by atomic mass is 10.1. The first-order valence-electron chi connectivity index (χ1n) is 6.47. The minimum absolute atomic E-state index is 0.0291. The average Bonchev–Trinajstić information content (AvgIpc) is 3.15. The van der Waals surface area contributed by atoms with Gasteiger partial charge in [-0.15, -0.1) is 11.3 Å². The molecule has 0 aliphatic heterocycles. The Morgan fingerprint density at radius 2 is 2.13 bits per heavy atom. The number of hydrogen-bond donors (Lipinski definition) is 1. The van der Waals surface area contributed by atoms with Gasteiger partial charge in [0, 0.05) is 29.2 Å². The van der Waals surface area contributed by atoms with E-state index in [0.717, 1.165) is 10.9 Å². The molecule has 0 spiro atoms. The van der Waals surface area contributed by atoms with E-state index < -0.39 is 11.7 Å². The number of aromatic nitrogens is 3. The number of thiazole rings is 1. The summed E-state index contributed by atoms with van der Waals surface area (Å²) >= 11 is 7.00. The highest BCUT2D eigenvalue weighted by molar-refractivity contribution is 7.15. The average molecular weight is 359 g/mol. The quantitative estimate of drug-likeness (QED) is 0.740. The number of alkyl halides is 3. The van der Waals surface area contributed by atoms with Crippen LogP contribution in [0.3, 0.4) is 0 Å². The molecular weight excluding hydrogens is 349 g/mol. The number of imidazole rings is 1. The van der Waals surface area contributed by atoms with Crippen molar-refractivity contribution in [2.24, 2.45) is 0 Å². The van der Waals surface area contributed by atoms with E-state index in [2.05, 4.69) is 15.3 Å². The topological polar surface area (TPSA) is 42.7 Å². The Labute approximate surface area is 138 Å². The maximum atomic E-state index is 13.3. The first-order valence-corrected chi connectivity index (χ1v) is 7.66. The van der Waals surface area contributed by atoms with Gasteiger partial charge in [-0.05, 0) is 18.2 Å². The molecule has 0 saturated heterocycles. The summed E-state index contributed by atoms with van der Waals surface area (Å²) in [5.74, 6) is 0. The van der Waals surface area contributed by atoms with Crippen LogP contribution in [0.4, 0.5) is 18.9 Å². The summed E-state index contributed by atoms with van der Waals surface area (Å²) in [6, 6.07) is 4.08. The van der Waals surface area contributed by atoms with Crippen molar-refractivity contribution in [1.29, 1.82) is 0 Å². The second-order valence-electron chi connectivity index (χ2n) is 4.63. The van der Waals surface area contributed by atoms with E-state index in [-0.39, 0.29) is 5.69 Å². The fourth-order valence-electron chi connectivity index (χ4n) is 2.05. The van der Waals surface area contributed by atoms with Crippen LogP contribution in [-0.2, 0) is 12.7 Å². The molecule has 0 radical (unpaired) electrons. The van der Waals surface area contributed by atoms with E-state index in [1.807, 2.05) is 0 Å². The molecule has 23 heavy (non-hydrogen) atoms. The molecule has 120 valence electrons. The van der Waals surface area contributed by atoms with E-state index in [4.69, 9.17) is 11.6 Å². The maximum absolute atomic E-state index is 13.3. The van der Waals surface area contributed by atoms with E-state index in [1.54, 1.807) is 12.3 Å². The smallest absolute Gasteiger partial charge is 0.380 e. The predicted molar refractivity (Wildman–Crippen MR) is 83.0 cm³/mol. The molecule has 0 aliphatic carbocycles. The third kappa shape index (κ3) is 3.65. The van der Waals surface area contributed by atoms with Crippen molar-refractivity contribution in [3.63, 3.8) is 0 Å². The number of hydrogen-bond acceptors (Lipinski definition) is 4. The molecule has 0 amide bonds. The van der Waals surface area contributed by atoms with Gasteiger partial charge >= 0.3 is 6.18 Å². The van der Waals surface area contributed by atoms with Crippen LogP contribution in [0.1, 0.15) is 10.4 Å². The summed E-state index contributed by atoms with van der Waals surface area (Å²) < 4.78 is 41.6. The molecule has 3 rings (SSSR count). The fourth-order valence-corrected chi connectivity index (χ4v) is 2.97. The Morgan fingerprint density at radius 3 is 2.74 bits per heavy atom. The minimum Gasteiger partial charge on any atom is -0.380 e. The third-order valence-corrected chi connectivity index (χ3v) is 4.19. The normalized spacial score (nSPS) is 11.7. The van der Waals surface area contributed by atoms with Crippen LogP contribution in [0.5, 0.6) is 0 Å². The molecule has 4 nitrogen and oxygen atoms in total. The molecule has 0 unspecified atom stereocenters. The number of anilines is 1. The summed E-state index contributed by atoms with van der Waals surface area (Å²) in [5, 5.41) is 2.95. The second-order valence-corrected chi connectivity index (χ2v) is 6.33. The van der Waals surface area contributed by atoms with Gasteiger partial charge in [-0.25, -0.2) is 9.97 Å². The van der Waals surface area contributed by atoms with Crippen molar-refractivity contribution in [3.8, 4) is 5.69 Å². The first-order chi connectivity index (χ1) is 10.9. The van der Waals surface area contributed by atoms with E-state index in [1.165, 1.54) is 40.7 Å². The highest BCUT2D eigenvalue weighted by Crippen LogP contribution is 2.35. The van der Waals surface area contributed by atoms with Crippen LogP contribution < -0.4 is 5.32 Å². The zero-order chi connectivity index (χ0) is 16.4. The molecule has 9 heteroatoms. The van der Waals surface area contributed by atoms with Crippen molar-refractivity contribution in [1.82, 2.24) is 14.5 Å². The lowest BCUT2D eigenvalue weighted by molar-refractivity contribution is -0.137. The van der Waals surface area contributed by atoms with Gasteiger partial charge in [0.2, 0.25) is 0 Å². The molecule has 0 fully saturated rings. The molecule has 0 bridgehead atoms. The Bertz CT molecular complexity index is 799. The zero-order valence-electron chi connectivity index (χ0n) is 11.5. The molecule has 2 heterocycles. The lowest BCUT2D eigenvalue weighted by Gasteiger charge is -2.15. The number of nitrogens with zero attached hydrogens (tertiary/aromatic N) is 3. The molecule has 1 N–H and O–H groups in total. The van der Waals surface area contributed by atoms with E-state index in [9.17, 15) is 13.2 Å². The monoisotopic (exact) mass is 358 g/mol. The summed E-state index contributed by atoms with van der Waals surface area (Å²) in [7, 11) is 0. The highest BCUT2D eigenvalue weighted by atomic mass is 35.5.